The molecule has 1 fully saturated rings. The normalized spacial score (nSPS) is 22.1. The summed E-state index contributed by atoms with van der Waals surface area (Å²) in [6.45, 7) is 0.912. The first-order valence-electron chi connectivity index (χ1n) is 9.06. The summed E-state index contributed by atoms with van der Waals surface area (Å²) in [5, 5.41) is 3.05. The van der Waals surface area contributed by atoms with Crippen LogP contribution in [-0.2, 0) is 11.2 Å². The summed E-state index contributed by atoms with van der Waals surface area (Å²) < 4.78 is 16.7. The average molecular weight is 435 g/mol. The van der Waals surface area contributed by atoms with E-state index in [4.69, 9.17) is 37.4 Å². The average Bonchev–Trinajstić information content (AvgIpc) is 2.97. The number of urea groups is 1. The Bertz CT molecular complexity index is 1030. The lowest BCUT2D eigenvalue weighted by atomic mass is 9.84. The molecular weight excluding hydrogens is 419 g/mol. The predicted molar refractivity (Wildman–Crippen MR) is 105 cm³/mol. The molecule has 29 heavy (non-hydrogen) atoms. The second-order valence-corrected chi connectivity index (χ2v) is 7.85. The van der Waals surface area contributed by atoms with Gasteiger partial charge in [0.2, 0.25) is 0 Å². The fourth-order valence-corrected chi connectivity index (χ4v) is 4.88. The maximum absolute atomic E-state index is 12.6. The first-order valence-corrected chi connectivity index (χ1v) is 9.82. The van der Waals surface area contributed by atoms with Gasteiger partial charge in [0.1, 0.15) is 19.3 Å². The minimum Gasteiger partial charge on any atom is -0.494 e. The number of imide groups is 1. The Hall–Kier alpha value is -2.64. The maximum Gasteiger partial charge on any atom is 0.325 e. The van der Waals surface area contributed by atoms with Crippen molar-refractivity contribution in [2.45, 2.75) is 18.5 Å². The van der Waals surface area contributed by atoms with E-state index in [1.807, 2.05) is 12.1 Å². The Labute approximate surface area is 176 Å². The van der Waals surface area contributed by atoms with Crippen molar-refractivity contribution >= 4 is 35.1 Å². The first-order chi connectivity index (χ1) is 14.0. The largest absolute Gasteiger partial charge is 0.494 e. The van der Waals surface area contributed by atoms with Gasteiger partial charge in [-0.25, -0.2) is 4.79 Å². The first kappa shape index (κ1) is 18.4. The van der Waals surface area contributed by atoms with E-state index in [1.165, 1.54) is 12.0 Å². The monoisotopic (exact) mass is 434 g/mol. The van der Waals surface area contributed by atoms with E-state index < -0.39 is 18.1 Å². The number of halogens is 2. The van der Waals surface area contributed by atoms with Crippen LogP contribution >= 0.6 is 23.2 Å². The number of nitrogens with zero attached hydrogens (tertiary/aromatic N) is 1. The number of amides is 3. The van der Waals surface area contributed by atoms with Crippen molar-refractivity contribution in [2.75, 3.05) is 20.3 Å². The molecule has 0 bridgehead atoms. The van der Waals surface area contributed by atoms with Gasteiger partial charge < -0.3 is 19.1 Å². The summed E-state index contributed by atoms with van der Waals surface area (Å²) in [5.41, 5.74) is 2.43. The second kappa shape index (κ2) is 6.71. The number of nitrogens with one attached hydrogen (secondary N) is 1. The van der Waals surface area contributed by atoms with Gasteiger partial charge in [0.05, 0.1) is 23.2 Å². The topological polar surface area (TPSA) is 77.1 Å². The van der Waals surface area contributed by atoms with Crippen LogP contribution in [0.3, 0.4) is 0 Å². The Balaban J connectivity index is 1.72. The number of methoxy groups -OCH3 is 1. The summed E-state index contributed by atoms with van der Waals surface area (Å²) >= 11 is 12.7. The molecule has 0 spiro atoms. The molecule has 7 nitrogen and oxygen atoms in total. The van der Waals surface area contributed by atoms with E-state index in [0.29, 0.717) is 52.5 Å². The van der Waals surface area contributed by atoms with Gasteiger partial charge in [-0.2, -0.15) is 0 Å². The molecule has 3 amide bonds. The van der Waals surface area contributed by atoms with Gasteiger partial charge in [0.25, 0.3) is 5.91 Å². The SMILES string of the molecule is COc1c(Cl)cc([C@@H]2c3cc4c(cc3C[C@H]3C(=O)NC(=O)N23)OCCO4)cc1Cl. The number of fused-ring (bicyclic) bond motifs is 3. The van der Waals surface area contributed by atoms with Gasteiger partial charge in [-0.15, -0.1) is 0 Å². The van der Waals surface area contributed by atoms with E-state index in [9.17, 15) is 9.59 Å². The molecule has 150 valence electrons. The van der Waals surface area contributed by atoms with E-state index in [0.717, 1.165) is 11.1 Å². The molecule has 1 N–H and O–H groups in total. The Morgan fingerprint density at radius 3 is 2.38 bits per heavy atom. The molecule has 3 aliphatic heterocycles. The minimum atomic E-state index is -0.623. The standard InChI is InChI=1S/C20H16Cl2N2O5/c1-27-18-12(21)4-10(5-13(18)22)17-11-8-16-15(28-2-3-29-16)7-9(11)6-14-19(25)23-20(26)24(14)17/h4-5,7-8,14,17H,2-3,6H2,1H3,(H,23,25,26)/t14-,17+/m0/s1. The Morgan fingerprint density at radius 2 is 1.72 bits per heavy atom. The van der Waals surface area contributed by atoms with Crippen molar-refractivity contribution in [1.82, 2.24) is 10.2 Å². The Morgan fingerprint density at radius 1 is 1.07 bits per heavy atom. The lowest BCUT2D eigenvalue weighted by Gasteiger charge is -2.38. The highest BCUT2D eigenvalue weighted by molar-refractivity contribution is 6.37. The number of carbonyl (C=O) groups excluding carboxylic acids is 2. The van der Waals surface area contributed by atoms with Crippen LogP contribution in [0.2, 0.25) is 10.0 Å². The van der Waals surface area contributed by atoms with E-state index in [2.05, 4.69) is 5.32 Å². The van der Waals surface area contributed by atoms with Crippen molar-refractivity contribution in [3.05, 3.63) is 51.0 Å². The predicted octanol–water partition coefficient (Wildman–Crippen LogP) is 3.34. The second-order valence-electron chi connectivity index (χ2n) is 7.04. The fraction of sp³-hybridized carbons (Fsp3) is 0.300. The van der Waals surface area contributed by atoms with Crippen molar-refractivity contribution in [1.29, 1.82) is 0 Å². The summed E-state index contributed by atoms with van der Waals surface area (Å²) in [5.74, 6) is 1.27. The van der Waals surface area contributed by atoms with Crippen LogP contribution in [0.4, 0.5) is 4.79 Å². The summed E-state index contributed by atoms with van der Waals surface area (Å²) in [4.78, 5) is 26.6. The van der Waals surface area contributed by atoms with Crippen LogP contribution in [0.25, 0.3) is 0 Å². The summed E-state index contributed by atoms with van der Waals surface area (Å²) in [7, 11) is 1.48. The molecule has 5 rings (SSSR count). The van der Waals surface area contributed by atoms with Crippen molar-refractivity contribution < 1.29 is 23.8 Å². The highest BCUT2D eigenvalue weighted by atomic mass is 35.5. The van der Waals surface area contributed by atoms with Crippen molar-refractivity contribution in [3.8, 4) is 17.2 Å². The van der Waals surface area contributed by atoms with Gasteiger partial charge in [-0.3, -0.25) is 10.1 Å². The molecule has 0 saturated carbocycles. The van der Waals surface area contributed by atoms with Crippen LogP contribution in [0.5, 0.6) is 17.2 Å². The molecule has 1 saturated heterocycles. The van der Waals surface area contributed by atoms with Crippen molar-refractivity contribution in [2.24, 2.45) is 0 Å². The van der Waals surface area contributed by atoms with Crippen LogP contribution in [-0.4, -0.2) is 43.2 Å². The summed E-state index contributed by atoms with van der Waals surface area (Å²) in [6, 6.07) is 5.53. The molecule has 0 aliphatic carbocycles. The molecule has 9 heteroatoms. The zero-order valence-corrected chi connectivity index (χ0v) is 16.8. The van der Waals surface area contributed by atoms with Gasteiger partial charge in [-0.05, 0) is 41.0 Å². The molecule has 0 unspecified atom stereocenters. The van der Waals surface area contributed by atoms with Gasteiger partial charge in [-0.1, -0.05) is 23.2 Å². The number of ether oxygens (including phenoxy) is 3. The van der Waals surface area contributed by atoms with Gasteiger partial charge >= 0.3 is 6.03 Å². The van der Waals surface area contributed by atoms with Crippen LogP contribution in [0.1, 0.15) is 22.7 Å². The zero-order valence-electron chi connectivity index (χ0n) is 15.3. The third-order valence-electron chi connectivity index (χ3n) is 5.43. The Kier molecular flexibility index (Phi) is 4.26. The van der Waals surface area contributed by atoms with Crippen LogP contribution < -0.4 is 19.5 Å². The van der Waals surface area contributed by atoms with Gasteiger partial charge in [0.15, 0.2) is 17.2 Å². The number of rotatable bonds is 2. The third kappa shape index (κ3) is 2.80. The van der Waals surface area contributed by atoms with E-state index in [-0.39, 0.29) is 5.91 Å². The molecule has 2 aromatic carbocycles. The van der Waals surface area contributed by atoms with E-state index in [1.54, 1.807) is 12.1 Å². The lowest BCUT2D eigenvalue weighted by Crippen LogP contribution is -2.44. The number of carbonyl (C=O) groups is 2. The molecule has 3 aliphatic rings. The highest BCUT2D eigenvalue weighted by Gasteiger charge is 2.48. The molecule has 2 aromatic rings. The molecule has 0 aromatic heterocycles. The lowest BCUT2D eigenvalue weighted by molar-refractivity contribution is -0.121. The minimum absolute atomic E-state index is 0.321. The van der Waals surface area contributed by atoms with Crippen molar-refractivity contribution in [3.63, 3.8) is 0 Å². The molecule has 2 atom stereocenters. The quantitative estimate of drug-likeness (QED) is 0.733. The third-order valence-corrected chi connectivity index (χ3v) is 6.00. The zero-order chi connectivity index (χ0) is 20.3. The number of hydrogen-bond donors (Lipinski definition) is 1. The van der Waals surface area contributed by atoms with Gasteiger partial charge in [0, 0.05) is 6.42 Å². The fourth-order valence-electron chi connectivity index (χ4n) is 4.22. The van der Waals surface area contributed by atoms with E-state index >= 15 is 0 Å². The van der Waals surface area contributed by atoms with Crippen LogP contribution in [0.15, 0.2) is 24.3 Å². The maximum atomic E-state index is 12.6. The number of benzene rings is 2. The molecular formula is C20H16Cl2N2O5. The number of hydrogen-bond acceptors (Lipinski definition) is 5. The smallest absolute Gasteiger partial charge is 0.325 e. The molecule has 0 radical (unpaired) electrons. The molecule has 3 heterocycles. The summed E-state index contributed by atoms with van der Waals surface area (Å²) in [6.07, 6.45) is 0.387. The highest BCUT2D eigenvalue weighted by Crippen LogP contribution is 2.46. The van der Waals surface area contributed by atoms with Crippen LogP contribution in [0, 0.1) is 0 Å².